The molecule has 2 fully saturated rings. The Kier molecular flexibility index (Phi) is 7.34. The lowest BCUT2D eigenvalue weighted by atomic mass is 9.76. The van der Waals surface area contributed by atoms with Gasteiger partial charge in [-0.2, -0.15) is 0 Å². The molecular formula is C17H32BN. The molecule has 2 radical (unpaired) electrons. The van der Waals surface area contributed by atoms with Crippen LogP contribution in [-0.2, 0) is 0 Å². The zero-order chi connectivity index (χ0) is 13.3. The average molecular weight is 261 g/mol. The fourth-order valence-corrected chi connectivity index (χ4v) is 3.88. The lowest BCUT2D eigenvalue weighted by molar-refractivity contribution is 0.297. The summed E-state index contributed by atoms with van der Waals surface area (Å²) in [6.07, 6.45) is 19.6. The Bertz CT molecular complexity index is 215. The molecule has 0 amide bonds. The van der Waals surface area contributed by atoms with Crippen LogP contribution in [0.1, 0.15) is 89.9 Å². The monoisotopic (exact) mass is 261 g/mol. The standard InChI is InChI=1S/C17H32BN/c18-17(15-11-7-3-1-4-8-12-15)19-16-13-9-5-2-6-10-14-16/h15-17,19H,1-14H2. The maximum atomic E-state index is 6.48. The quantitative estimate of drug-likeness (QED) is 0.735. The highest BCUT2D eigenvalue weighted by Crippen LogP contribution is 2.25. The van der Waals surface area contributed by atoms with E-state index in [4.69, 9.17) is 7.85 Å². The topological polar surface area (TPSA) is 12.0 Å². The summed E-state index contributed by atoms with van der Waals surface area (Å²) in [7, 11) is 6.48. The normalized spacial score (nSPS) is 26.9. The highest BCUT2D eigenvalue weighted by Gasteiger charge is 2.21. The van der Waals surface area contributed by atoms with Gasteiger partial charge in [0.1, 0.15) is 0 Å². The van der Waals surface area contributed by atoms with Crippen molar-refractivity contribution in [2.75, 3.05) is 0 Å². The summed E-state index contributed by atoms with van der Waals surface area (Å²) in [6, 6.07) is 0.695. The first-order valence-corrected chi connectivity index (χ1v) is 8.88. The number of nitrogens with one attached hydrogen (secondary N) is 1. The average Bonchev–Trinajstić information content (AvgIpc) is 2.31. The van der Waals surface area contributed by atoms with Crippen molar-refractivity contribution in [3.8, 4) is 0 Å². The Labute approximate surface area is 121 Å². The minimum absolute atomic E-state index is 0.252. The van der Waals surface area contributed by atoms with Gasteiger partial charge in [0.15, 0.2) is 0 Å². The fourth-order valence-electron chi connectivity index (χ4n) is 3.88. The molecule has 1 unspecified atom stereocenters. The molecule has 0 aromatic rings. The van der Waals surface area contributed by atoms with Crippen LogP contribution in [0.4, 0.5) is 0 Å². The van der Waals surface area contributed by atoms with Crippen LogP contribution in [0.25, 0.3) is 0 Å². The summed E-state index contributed by atoms with van der Waals surface area (Å²) < 4.78 is 0. The molecule has 0 heterocycles. The third-order valence-electron chi connectivity index (χ3n) is 5.19. The van der Waals surface area contributed by atoms with Crippen molar-refractivity contribution >= 4 is 7.85 Å². The Morgan fingerprint density at radius 3 is 1.58 bits per heavy atom. The lowest BCUT2D eigenvalue weighted by Crippen LogP contribution is -2.43. The third kappa shape index (κ3) is 5.89. The first-order chi connectivity index (χ1) is 9.36. The molecule has 1 atom stereocenters. The van der Waals surface area contributed by atoms with Crippen molar-refractivity contribution in [2.24, 2.45) is 5.92 Å². The second kappa shape index (κ2) is 9.05. The van der Waals surface area contributed by atoms with Gasteiger partial charge in [0.2, 0.25) is 0 Å². The lowest BCUT2D eigenvalue weighted by Gasteiger charge is -2.32. The minimum Gasteiger partial charge on any atom is -0.319 e. The van der Waals surface area contributed by atoms with E-state index in [1.807, 2.05) is 0 Å². The van der Waals surface area contributed by atoms with Gasteiger partial charge in [-0.3, -0.25) is 0 Å². The zero-order valence-electron chi connectivity index (χ0n) is 12.7. The van der Waals surface area contributed by atoms with Crippen LogP contribution < -0.4 is 5.32 Å². The molecular weight excluding hydrogens is 229 g/mol. The van der Waals surface area contributed by atoms with E-state index in [0.717, 1.165) is 5.92 Å². The molecule has 0 aromatic carbocycles. The van der Waals surface area contributed by atoms with E-state index < -0.39 is 0 Å². The SMILES string of the molecule is [B]C(NC1CCCCCCC1)C1CCCCCCC1. The van der Waals surface area contributed by atoms with E-state index in [0.29, 0.717) is 6.04 Å². The van der Waals surface area contributed by atoms with Crippen molar-refractivity contribution in [3.05, 3.63) is 0 Å². The third-order valence-corrected chi connectivity index (χ3v) is 5.19. The summed E-state index contributed by atoms with van der Waals surface area (Å²) in [5.41, 5.74) is 0. The highest BCUT2D eigenvalue weighted by molar-refractivity contribution is 6.11. The van der Waals surface area contributed by atoms with Crippen molar-refractivity contribution in [3.63, 3.8) is 0 Å². The molecule has 0 aromatic heterocycles. The number of hydrogen-bond acceptors (Lipinski definition) is 1. The van der Waals surface area contributed by atoms with Crippen LogP contribution in [0.3, 0.4) is 0 Å². The van der Waals surface area contributed by atoms with E-state index in [-0.39, 0.29) is 5.94 Å². The van der Waals surface area contributed by atoms with Gasteiger partial charge in [0.25, 0.3) is 0 Å². The molecule has 108 valence electrons. The van der Waals surface area contributed by atoms with Crippen LogP contribution >= 0.6 is 0 Å². The largest absolute Gasteiger partial charge is 0.319 e. The van der Waals surface area contributed by atoms with Gasteiger partial charge in [-0.05, 0) is 37.5 Å². The van der Waals surface area contributed by atoms with Gasteiger partial charge >= 0.3 is 0 Å². The van der Waals surface area contributed by atoms with E-state index in [2.05, 4.69) is 5.32 Å². The van der Waals surface area contributed by atoms with Crippen LogP contribution in [0.2, 0.25) is 0 Å². The minimum atomic E-state index is 0.252. The molecule has 2 aliphatic carbocycles. The second-order valence-electron chi connectivity index (χ2n) is 6.84. The summed E-state index contributed by atoms with van der Waals surface area (Å²) in [5.74, 6) is 0.980. The zero-order valence-corrected chi connectivity index (χ0v) is 12.7. The summed E-state index contributed by atoms with van der Waals surface area (Å²) >= 11 is 0. The van der Waals surface area contributed by atoms with Crippen LogP contribution in [0.5, 0.6) is 0 Å². The van der Waals surface area contributed by atoms with Crippen LogP contribution in [0.15, 0.2) is 0 Å². The molecule has 2 rings (SSSR count). The van der Waals surface area contributed by atoms with Gasteiger partial charge in [-0.15, -0.1) is 0 Å². The predicted molar refractivity (Wildman–Crippen MR) is 84.6 cm³/mol. The molecule has 0 saturated heterocycles. The Morgan fingerprint density at radius 2 is 1.05 bits per heavy atom. The molecule has 2 heteroatoms. The van der Waals surface area contributed by atoms with Crippen molar-refractivity contribution in [1.29, 1.82) is 0 Å². The first kappa shape index (κ1) is 15.4. The van der Waals surface area contributed by atoms with Gasteiger partial charge in [-0.1, -0.05) is 64.2 Å². The predicted octanol–water partition coefficient (Wildman–Crippen LogP) is 4.54. The van der Waals surface area contributed by atoms with E-state index in [9.17, 15) is 0 Å². The van der Waals surface area contributed by atoms with Crippen molar-refractivity contribution in [1.82, 2.24) is 5.32 Å². The van der Waals surface area contributed by atoms with Crippen LogP contribution in [-0.4, -0.2) is 19.8 Å². The number of hydrogen-bond donors (Lipinski definition) is 1. The Morgan fingerprint density at radius 1 is 0.632 bits per heavy atom. The molecule has 2 aliphatic rings. The molecule has 0 spiro atoms. The Balaban J connectivity index is 1.75. The summed E-state index contributed by atoms with van der Waals surface area (Å²) in [4.78, 5) is 0. The van der Waals surface area contributed by atoms with Crippen LogP contribution in [0, 0.1) is 5.92 Å². The van der Waals surface area contributed by atoms with E-state index in [1.165, 1.54) is 89.9 Å². The molecule has 2 saturated carbocycles. The van der Waals surface area contributed by atoms with E-state index >= 15 is 0 Å². The summed E-state index contributed by atoms with van der Waals surface area (Å²) in [5, 5.41) is 3.78. The van der Waals surface area contributed by atoms with Crippen molar-refractivity contribution < 1.29 is 0 Å². The molecule has 1 nitrogen and oxygen atoms in total. The van der Waals surface area contributed by atoms with Crippen molar-refractivity contribution in [2.45, 2.75) is 102 Å². The maximum Gasteiger partial charge on any atom is 0.0910 e. The van der Waals surface area contributed by atoms with Gasteiger partial charge in [-0.25, -0.2) is 0 Å². The molecule has 19 heavy (non-hydrogen) atoms. The Hall–Kier alpha value is 0.0249. The highest BCUT2D eigenvalue weighted by atomic mass is 14.9. The van der Waals surface area contributed by atoms with E-state index in [1.54, 1.807) is 0 Å². The fraction of sp³-hybridized carbons (Fsp3) is 1.00. The molecule has 0 aliphatic heterocycles. The van der Waals surface area contributed by atoms with Gasteiger partial charge in [0.05, 0.1) is 7.85 Å². The van der Waals surface area contributed by atoms with Gasteiger partial charge < -0.3 is 5.32 Å². The maximum absolute atomic E-state index is 6.48. The van der Waals surface area contributed by atoms with Gasteiger partial charge in [0, 0.05) is 6.04 Å². The second-order valence-corrected chi connectivity index (χ2v) is 6.84. The summed E-state index contributed by atoms with van der Waals surface area (Å²) in [6.45, 7) is 0. The molecule has 1 N–H and O–H groups in total. The first-order valence-electron chi connectivity index (χ1n) is 8.88. The smallest absolute Gasteiger partial charge is 0.0910 e. The number of rotatable bonds is 3. The molecule has 0 bridgehead atoms.